The SMILES string of the molecule is CC(C)(C)CC(O)CNC(=O)c1cc(Br)ccc1F. The fourth-order valence-electron chi connectivity index (χ4n) is 1.76. The van der Waals surface area contributed by atoms with Crippen molar-refractivity contribution in [3.63, 3.8) is 0 Å². The van der Waals surface area contributed by atoms with Gasteiger partial charge in [0.1, 0.15) is 5.82 Å². The van der Waals surface area contributed by atoms with Crippen LogP contribution in [0.25, 0.3) is 0 Å². The monoisotopic (exact) mass is 331 g/mol. The lowest BCUT2D eigenvalue weighted by atomic mass is 9.89. The molecule has 1 atom stereocenters. The van der Waals surface area contributed by atoms with Gasteiger partial charge in [-0.25, -0.2) is 4.39 Å². The number of nitrogens with one attached hydrogen (secondary N) is 1. The summed E-state index contributed by atoms with van der Waals surface area (Å²) in [6, 6.07) is 4.17. The van der Waals surface area contributed by atoms with Crippen LogP contribution in [0.2, 0.25) is 0 Å². The topological polar surface area (TPSA) is 49.3 Å². The summed E-state index contributed by atoms with van der Waals surface area (Å²) in [5, 5.41) is 12.3. The normalized spacial score (nSPS) is 13.2. The molecule has 1 amide bonds. The molecule has 1 unspecified atom stereocenters. The molecule has 0 radical (unpaired) electrons. The molecule has 106 valence electrons. The highest BCUT2D eigenvalue weighted by Gasteiger charge is 2.18. The Morgan fingerprint density at radius 2 is 2.11 bits per heavy atom. The van der Waals surface area contributed by atoms with Crippen LogP contribution in [0, 0.1) is 11.2 Å². The van der Waals surface area contributed by atoms with Crippen LogP contribution in [0.1, 0.15) is 37.6 Å². The first-order valence-electron chi connectivity index (χ1n) is 6.10. The molecule has 0 heterocycles. The van der Waals surface area contributed by atoms with E-state index in [0.29, 0.717) is 10.9 Å². The molecule has 0 aliphatic heterocycles. The minimum Gasteiger partial charge on any atom is -0.391 e. The Bertz CT molecular complexity index is 457. The second-order valence-electron chi connectivity index (χ2n) is 5.75. The molecule has 2 N–H and O–H groups in total. The summed E-state index contributed by atoms with van der Waals surface area (Å²) < 4.78 is 14.1. The number of aliphatic hydroxyl groups excluding tert-OH is 1. The molecule has 0 saturated heterocycles. The minimum absolute atomic E-state index is 0.0226. The summed E-state index contributed by atoms with van der Waals surface area (Å²) >= 11 is 3.19. The van der Waals surface area contributed by atoms with Gasteiger partial charge in [0.25, 0.3) is 5.91 Å². The van der Waals surface area contributed by atoms with E-state index in [-0.39, 0.29) is 17.5 Å². The van der Waals surface area contributed by atoms with Crippen LogP contribution in [-0.4, -0.2) is 23.7 Å². The third kappa shape index (κ3) is 5.70. The highest BCUT2D eigenvalue weighted by molar-refractivity contribution is 9.10. The predicted molar refractivity (Wildman–Crippen MR) is 76.5 cm³/mol. The van der Waals surface area contributed by atoms with Crippen LogP contribution in [0.5, 0.6) is 0 Å². The van der Waals surface area contributed by atoms with Crippen molar-refractivity contribution in [2.45, 2.75) is 33.3 Å². The van der Waals surface area contributed by atoms with Crippen LogP contribution in [0.3, 0.4) is 0 Å². The van der Waals surface area contributed by atoms with Gasteiger partial charge in [0, 0.05) is 11.0 Å². The van der Waals surface area contributed by atoms with Crippen LogP contribution in [-0.2, 0) is 0 Å². The lowest BCUT2D eigenvalue weighted by Crippen LogP contribution is -2.34. The third-order valence-electron chi connectivity index (χ3n) is 2.52. The fraction of sp³-hybridized carbons (Fsp3) is 0.500. The van der Waals surface area contributed by atoms with E-state index < -0.39 is 17.8 Å². The van der Waals surface area contributed by atoms with Crippen LogP contribution in [0.4, 0.5) is 4.39 Å². The fourth-order valence-corrected chi connectivity index (χ4v) is 2.12. The molecule has 0 aliphatic carbocycles. The van der Waals surface area contributed by atoms with E-state index in [9.17, 15) is 14.3 Å². The number of benzene rings is 1. The number of hydrogen-bond acceptors (Lipinski definition) is 2. The minimum atomic E-state index is -0.640. The Morgan fingerprint density at radius 1 is 1.47 bits per heavy atom. The van der Waals surface area contributed by atoms with Crippen molar-refractivity contribution in [1.29, 1.82) is 0 Å². The van der Waals surface area contributed by atoms with Gasteiger partial charge >= 0.3 is 0 Å². The maximum atomic E-state index is 13.5. The van der Waals surface area contributed by atoms with Gasteiger partial charge in [-0.15, -0.1) is 0 Å². The number of rotatable bonds is 4. The van der Waals surface area contributed by atoms with Gasteiger partial charge in [0.15, 0.2) is 0 Å². The van der Waals surface area contributed by atoms with E-state index in [1.54, 1.807) is 0 Å². The Hall–Kier alpha value is -0.940. The van der Waals surface area contributed by atoms with E-state index in [4.69, 9.17) is 0 Å². The quantitative estimate of drug-likeness (QED) is 0.890. The largest absolute Gasteiger partial charge is 0.391 e. The summed E-state index contributed by atoms with van der Waals surface area (Å²) in [4.78, 5) is 11.8. The lowest BCUT2D eigenvalue weighted by molar-refractivity contribution is 0.0865. The summed E-state index contributed by atoms with van der Waals surface area (Å²) in [5.74, 6) is -1.10. The molecule has 1 rings (SSSR count). The molecule has 0 aliphatic rings. The smallest absolute Gasteiger partial charge is 0.254 e. The molecule has 0 aromatic heterocycles. The zero-order valence-corrected chi connectivity index (χ0v) is 12.9. The van der Waals surface area contributed by atoms with Crippen LogP contribution >= 0.6 is 15.9 Å². The predicted octanol–water partition coefficient (Wildman–Crippen LogP) is 3.12. The zero-order chi connectivity index (χ0) is 14.6. The standard InChI is InChI=1S/C14H19BrFNO2/c1-14(2,3)7-10(18)8-17-13(19)11-6-9(15)4-5-12(11)16/h4-6,10,18H,7-8H2,1-3H3,(H,17,19). The van der Waals surface area contributed by atoms with E-state index in [1.807, 2.05) is 20.8 Å². The van der Waals surface area contributed by atoms with Gasteiger partial charge in [-0.3, -0.25) is 4.79 Å². The molecule has 1 aromatic carbocycles. The highest BCUT2D eigenvalue weighted by atomic mass is 79.9. The molecule has 0 fully saturated rings. The number of amides is 1. The van der Waals surface area contributed by atoms with E-state index in [1.165, 1.54) is 18.2 Å². The third-order valence-corrected chi connectivity index (χ3v) is 3.01. The molecular formula is C14H19BrFNO2. The number of carbonyl (C=O) groups excluding carboxylic acids is 1. The van der Waals surface area contributed by atoms with Gasteiger partial charge in [-0.2, -0.15) is 0 Å². The Morgan fingerprint density at radius 3 is 2.68 bits per heavy atom. The molecular weight excluding hydrogens is 313 g/mol. The molecule has 3 nitrogen and oxygen atoms in total. The first kappa shape index (κ1) is 16.1. The van der Waals surface area contributed by atoms with Crippen molar-refractivity contribution in [2.75, 3.05) is 6.54 Å². The Kier molecular flexibility index (Phi) is 5.50. The first-order valence-corrected chi connectivity index (χ1v) is 6.89. The summed E-state index contributed by atoms with van der Waals surface area (Å²) in [6.45, 7) is 6.13. The summed E-state index contributed by atoms with van der Waals surface area (Å²) in [7, 11) is 0. The van der Waals surface area contributed by atoms with E-state index >= 15 is 0 Å². The van der Waals surface area contributed by atoms with Gasteiger partial charge in [-0.05, 0) is 30.0 Å². The molecule has 5 heteroatoms. The van der Waals surface area contributed by atoms with Gasteiger partial charge < -0.3 is 10.4 Å². The van der Waals surface area contributed by atoms with E-state index in [0.717, 1.165) is 0 Å². The second-order valence-corrected chi connectivity index (χ2v) is 6.67. The van der Waals surface area contributed by atoms with Crippen molar-refractivity contribution < 1.29 is 14.3 Å². The van der Waals surface area contributed by atoms with Crippen molar-refractivity contribution in [3.8, 4) is 0 Å². The Balaban J connectivity index is 2.58. The number of carbonyl (C=O) groups is 1. The van der Waals surface area contributed by atoms with E-state index in [2.05, 4.69) is 21.2 Å². The number of halogens is 2. The van der Waals surface area contributed by atoms with Gasteiger partial charge in [-0.1, -0.05) is 36.7 Å². The zero-order valence-electron chi connectivity index (χ0n) is 11.3. The van der Waals surface area contributed by atoms with Gasteiger partial charge in [0.2, 0.25) is 0 Å². The van der Waals surface area contributed by atoms with Crippen molar-refractivity contribution in [2.24, 2.45) is 5.41 Å². The molecule has 0 saturated carbocycles. The summed E-state index contributed by atoms with van der Waals surface area (Å²) in [6.07, 6.45) is -0.0759. The number of aliphatic hydroxyl groups is 1. The second kappa shape index (κ2) is 6.48. The average Bonchev–Trinajstić information content (AvgIpc) is 2.27. The Labute approximate surface area is 121 Å². The molecule has 19 heavy (non-hydrogen) atoms. The molecule has 0 bridgehead atoms. The van der Waals surface area contributed by atoms with Crippen LogP contribution in [0.15, 0.2) is 22.7 Å². The summed E-state index contributed by atoms with van der Waals surface area (Å²) in [5.41, 5.74) is -0.0529. The molecule has 0 spiro atoms. The first-order chi connectivity index (χ1) is 8.69. The van der Waals surface area contributed by atoms with Gasteiger partial charge in [0.05, 0.1) is 11.7 Å². The maximum Gasteiger partial charge on any atom is 0.254 e. The lowest BCUT2D eigenvalue weighted by Gasteiger charge is -2.22. The van der Waals surface area contributed by atoms with Crippen molar-refractivity contribution in [1.82, 2.24) is 5.32 Å². The highest BCUT2D eigenvalue weighted by Crippen LogP contribution is 2.20. The van der Waals surface area contributed by atoms with Crippen molar-refractivity contribution >= 4 is 21.8 Å². The number of hydrogen-bond donors (Lipinski definition) is 2. The average molecular weight is 332 g/mol. The molecule has 1 aromatic rings. The van der Waals surface area contributed by atoms with Crippen molar-refractivity contribution in [3.05, 3.63) is 34.1 Å². The maximum absolute atomic E-state index is 13.5. The van der Waals surface area contributed by atoms with Crippen LogP contribution < -0.4 is 5.32 Å².